The Morgan fingerprint density at radius 3 is 2.38 bits per heavy atom. The highest BCUT2D eigenvalue weighted by Gasteiger charge is 2.15. The van der Waals surface area contributed by atoms with Gasteiger partial charge in [-0.2, -0.15) is 0 Å². The molecule has 0 aliphatic carbocycles. The first kappa shape index (κ1) is 16.7. The SMILES string of the molecule is CCCNC(=O)[C@@H](C)NC(=O)CNC(=O)c1ccccc1. The van der Waals surface area contributed by atoms with Crippen molar-refractivity contribution in [3.05, 3.63) is 35.9 Å². The lowest BCUT2D eigenvalue weighted by atomic mass is 10.2. The molecule has 0 bridgehead atoms. The largest absolute Gasteiger partial charge is 0.354 e. The summed E-state index contributed by atoms with van der Waals surface area (Å²) in [5.74, 6) is -0.966. The highest BCUT2D eigenvalue weighted by molar-refractivity contribution is 5.97. The molecule has 21 heavy (non-hydrogen) atoms. The van der Waals surface area contributed by atoms with Gasteiger partial charge in [0, 0.05) is 12.1 Å². The molecule has 3 N–H and O–H groups in total. The van der Waals surface area contributed by atoms with Crippen LogP contribution in [0.1, 0.15) is 30.6 Å². The van der Waals surface area contributed by atoms with E-state index in [0.717, 1.165) is 6.42 Å². The van der Waals surface area contributed by atoms with Gasteiger partial charge >= 0.3 is 0 Å². The second kappa shape index (κ2) is 8.73. The summed E-state index contributed by atoms with van der Waals surface area (Å²) in [7, 11) is 0. The van der Waals surface area contributed by atoms with Crippen molar-refractivity contribution in [1.82, 2.24) is 16.0 Å². The number of hydrogen-bond donors (Lipinski definition) is 3. The van der Waals surface area contributed by atoms with Crippen LogP contribution in [0.25, 0.3) is 0 Å². The standard InChI is InChI=1S/C15H21N3O3/c1-3-9-16-14(20)11(2)18-13(19)10-17-15(21)12-7-5-4-6-8-12/h4-8,11H,3,9-10H2,1-2H3,(H,16,20)(H,17,21)(H,18,19)/t11-/m1/s1. The van der Waals surface area contributed by atoms with Crippen molar-refractivity contribution in [1.29, 1.82) is 0 Å². The van der Waals surface area contributed by atoms with E-state index in [1.54, 1.807) is 37.3 Å². The number of hydrogen-bond acceptors (Lipinski definition) is 3. The fourth-order valence-electron chi connectivity index (χ4n) is 1.61. The zero-order valence-corrected chi connectivity index (χ0v) is 12.3. The molecule has 0 unspecified atom stereocenters. The van der Waals surface area contributed by atoms with Gasteiger partial charge in [0.15, 0.2) is 0 Å². The van der Waals surface area contributed by atoms with Gasteiger partial charge in [0.05, 0.1) is 6.54 Å². The number of carbonyl (C=O) groups excluding carboxylic acids is 3. The third-order valence-electron chi connectivity index (χ3n) is 2.77. The zero-order chi connectivity index (χ0) is 15.7. The molecular weight excluding hydrogens is 270 g/mol. The van der Waals surface area contributed by atoms with Gasteiger partial charge < -0.3 is 16.0 Å². The Hall–Kier alpha value is -2.37. The van der Waals surface area contributed by atoms with Gasteiger partial charge in [-0.3, -0.25) is 14.4 Å². The monoisotopic (exact) mass is 291 g/mol. The topological polar surface area (TPSA) is 87.3 Å². The van der Waals surface area contributed by atoms with Crippen molar-refractivity contribution < 1.29 is 14.4 Å². The van der Waals surface area contributed by atoms with Gasteiger partial charge in [-0.25, -0.2) is 0 Å². The summed E-state index contributed by atoms with van der Waals surface area (Å²) < 4.78 is 0. The van der Waals surface area contributed by atoms with Crippen LogP contribution in [0, 0.1) is 0 Å². The Kier molecular flexibility index (Phi) is 6.94. The Labute approximate surface area is 124 Å². The molecule has 1 rings (SSSR count). The van der Waals surface area contributed by atoms with Crippen molar-refractivity contribution in [2.75, 3.05) is 13.1 Å². The van der Waals surface area contributed by atoms with Crippen molar-refractivity contribution >= 4 is 17.7 Å². The Balaban J connectivity index is 2.34. The lowest BCUT2D eigenvalue weighted by molar-refractivity contribution is -0.128. The molecule has 6 heteroatoms. The van der Waals surface area contributed by atoms with E-state index >= 15 is 0 Å². The molecule has 1 aromatic rings. The fourth-order valence-corrected chi connectivity index (χ4v) is 1.61. The number of nitrogens with one attached hydrogen (secondary N) is 3. The number of amides is 3. The van der Waals surface area contributed by atoms with E-state index < -0.39 is 11.9 Å². The summed E-state index contributed by atoms with van der Waals surface area (Å²) in [6.07, 6.45) is 0.833. The predicted octanol–water partition coefficient (Wildman–Crippen LogP) is 0.447. The Bertz CT molecular complexity index is 488. The van der Waals surface area contributed by atoms with Crippen LogP contribution in [0.2, 0.25) is 0 Å². The summed E-state index contributed by atoms with van der Waals surface area (Å²) in [5, 5.41) is 7.72. The Morgan fingerprint density at radius 1 is 1.10 bits per heavy atom. The van der Waals surface area contributed by atoms with Crippen molar-refractivity contribution in [2.24, 2.45) is 0 Å². The second-order valence-corrected chi connectivity index (χ2v) is 4.63. The van der Waals surface area contributed by atoms with Crippen molar-refractivity contribution in [3.8, 4) is 0 Å². The molecule has 6 nitrogen and oxygen atoms in total. The molecule has 0 aliphatic rings. The van der Waals surface area contributed by atoms with E-state index in [2.05, 4.69) is 16.0 Å². The molecule has 1 aromatic carbocycles. The average Bonchev–Trinajstić information content (AvgIpc) is 2.50. The molecule has 0 heterocycles. The lowest BCUT2D eigenvalue weighted by Gasteiger charge is -2.14. The summed E-state index contributed by atoms with van der Waals surface area (Å²) in [6, 6.07) is 7.99. The number of benzene rings is 1. The van der Waals surface area contributed by atoms with Gasteiger partial charge in [0.25, 0.3) is 5.91 Å². The summed E-state index contributed by atoms with van der Waals surface area (Å²) >= 11 is 0. The van der Waals surface area contributed by atoms with Crippen LogP contribution in [0.15, 0.2) is 30.3 Å². The molecule has 114 valence electrons. The number of rotatable bonds is 7. The fraction of sp³-hybridized carbons (Fsp3) is 0.400. The van der Waals surface area contributed by atoms with Crippen LogP contribution in [0.3, 0.4) is 0 Å². The highest BCUT2D eigenvalue weighted by atomic mass is 16.2. The van der Waals surface area contributed by atoms with Crippen LogP contribution in [-0.4, -0.2) is 36.9 Å². The molecule has 0 spiro atoms. The van der Waals surface area contributed by atoms with Gasteiger partial charge in [0.1, 0.15) is 6.04 Å². The van der Waals surface area contributed by atoms with Gasteiger partial charge in [-0.15, -0.1) is 0 Å². The van der Waals surface area contributed by atoms with E-state index in [9.17, 15) is 14.4 Å². The van der Waals surface area contributed by atoms with Crippen molar-refractivity contribution in [2.45, 2.75) is 26.3 Å². The van der Waals surface area contributed by atoms with Gasteiger partial charge in [0.2, 0.25) is 11.8 Å². The van der Waals surface area contributed by atoms with Crippen LogP contribution in [0.4, 0.5) is 0 Å². The molecule has 0 aromatic heterocycles. The summed E-state index contributed by atoms with van der Waals surface area (Å²) in [4.78, 5) is 35.0. The minimum atomic E-state index is -0.627. The first-order valence-corrected chi connectivity index (χ1v) is 6.95. The first-order valence-electron chi connectivity index (χ1n) is 6.95. The maximum absolute atomic E-state index is 11.7. The van der Waals surface area contributed by atoms with E-state index in [1.165, 1.54) is 0 Å². The molecule has 0 radical (unpaired) electrons. The molecular formula is C15H21N3O3. The average molecular weight is 291 g/mol. The minimum Gasteiger partial charge on any atom is -0.354 e. The second-order valence-electron chi connectivity index (χ2n) is 4.63. The molecule has 0 saturated heterocycles. The van der Waals surface area contributed by atoms with Crippen LogP contribution >= 0.6 is 0 Å². The molecule has 0 aliphatic heterocycles. The predicted molar refractivity (Wildman–Crippen MR) is 79.7 cm³/mol. The van der Waals surface area contributed by atoms with Crippen LogP contribution in [-0.2, 0) is 9.59 Å². The molecule has 0 fully saturated rings. The quantitative estimate of drug-likeness (QED) is 0.681. The molecule has 3 amide bonds. The summed E-state index contributed by atoms with van der Waals surface area (Å²) in [6.45, 7) is 3.95. The molecule has 1 atom stereocenters. The van der Waals surface area contributed by atoms with Gasteiger partial charge in [-0.1, -0.05) is 25.1 Å². The van der Waals surface area contributed by atoms with E-state index in [-0.39, 0.29) is 18.4 Å². The van der Waals surface area contributed by atoms with Gasteiger partial charge in [-0.05, 0) is 25.5 Å². The third-order valence-corrected chi connectivity index (χ3v) is 2.77. The minimum absolute atomic E-state index is 0.168. The van der Waals surface area contributed by atoms with E-state index in [0.29, 0.717) is 12.1 Å². The van der Waals surface area contributed by atoms with Crippen molar-refractivity contribution in [3.63, 3.8) is 0 Å². The van der Waals surface area contributed by atoms with E-state index in [1.807, 2.05) is 6.92 Å². The van der Waals surface area contributed by atoms with E-state index in [4.69, 9.17) is 0 Å². The highest BCUT2D eigenvalue weighted by Crippen LogP contribution is 1.97. The van der Waals surface area contributed by atoms with Crippen LogP contribution in [0.5, 0.6) is 0 Å². The Morgan fingerprint density at radius 2 is 1.76 bits per heavy atom. The number of carbonyl (C=O) groups is 3. The van der Waals surface area contributed by atoms with Crippen LogP contribution < -0.4 is 16.0 Å². The maximum atomic E-state index is 11.7. The third kappa shape index (κ3) is 6.07. The normalized spacial score (nSPS) is 11.3. The molecule has 0 saturated carbocycles. The first-order chi connectivity index (χ1) is 10.0. The lowest BCUT2D eigenvalue weighted by Crippen LogP contribution is -2.48. The zero-order valence-electron chi connectivity index (χ0n) is 12.3. The summed E-state index contributed by atoms with van der Waals surface area (Å²) in [5.41, 5.74) is 0.485. The smallest absolute Gasteiger partial charge is 0.251 e. The maximum Gasteiger partial charge on any atom is 0.251 e.